The Labute approximate surface area is 243 Å². The molecule has 11 heteroatoms. The molecule has 0 radical (unpaired) electrons. The monoisotopic (exact) mass is 563 g/mol. The molecule has 4 heterocycles. The summed E-state index contributed by atoms with van der Waals surface area (Å²) >= 11 is 0. The molecule has 0 aliphatic heterocycles. The van der Waals surface area contributed by atoms with E-state index in [0.29, 0.717) is 42.4 Å². The maximum Gasteiger partial charge on any atom is 0.257 e. The van der Waals surface area contributed by atoms with Crippen molar-refractivity contribution in [2.45, 2.75) is 64.8 Å². The van der Waals surface area contributed by atoms with Crippen molar-refractivity contribution in [3.05, 3.63) is 88.5 Å². The summed E-state index contributed by atoms with van der Waals surface area (Å²) in [4.78, 5) is 33.5. The van der Waals surface area contributed by atoms with E-state index in [4.69, 9.17) is 14.7 Å². The molecule has 1 fully saturated rings. The van der Waals surface area contributed by atoms with E-state index in [2.05, 4.69) is 32.4 Å². The summed E-state index contributed by atoms with van der Waals surface area (Å²) in [6.07, 6.45) is 10.8. The molecule has 5 aromatic rings. The summed E-state index contributed by atoms with van der Waals surface area (Å²) in [7, 11) is 0. The molecule has 4 aromatic heterocycles. The number of aryl methyl sites for hydroxylation is 1. The molecule has 0 bridgehead atoms. The number of para-hydroxylation sites is 1. The summed E-state index contributed by atoms with van der Waals surface area (Å²) in [5.74, 6) is 1.56. The molecule has 1 aliphatic carbocycles. The number of benzene rings is 1. The lowest BCUT2D eigenvalue weighted by Crippen LogP contribution is -2.35. The van der Waals surface area contributed by atoms with Crippen LogP contribution in [0.1, 0.15) is 68.9 Å². The largest absolute Gasteiger partial charge is 0.491 e. The molecule has 214 valence electrons. The van der Waals surface area contributed by atoms with E-state index < -0.39 is 0 Å². The van der Waals surface area contributed by atoms with E-state index in [1.54, 1.807) is 23.4 Å². The smallest absolute Gasteiger partial charge is 0.257 e. The van der Waals surface area contributed by atoms with E-state index in [0.717, 1.165) is 60.4 Å². The number of ether oxygens (including phenoxy) is 1. The van der Waals surface area contributed by atoms with Gasteiger partial charge in [0, 0.05) is 29.3 Å². The van der Waals surface area contributed by atoms with Gasteiger partial charge in [-0.2, -0.15) is 4.68 Å². The van der Waals surface area contributed by atoms with Crippen molar-refractivity contribution in [3.63, 3.8) is 0 Å². The van der Waals surface area contributed by atoms with Crippen molar-refractivity contribution in [2.24, 2.45) is 0 Å². The summed E-state index contributed by atoms with van der Waals surface area (Å²) in [5, 5.41) is 11.6. The number of aromatic nitrogens is 9. The highest BCUT2D eigenvalue weighted by Gasteiger charge is 2.28. The Kier molecular flexibility index (Phi) is 8.07. The van der Waals surface area contributed by atoms with E-state index in [1.807, 2.05) is 54.0 Å². The van der Waals surface area contributed by atoms with Crippen LogP contribution in [0.4, 0.5) is 0 Å². The average molecular weight is 564 g/mol. The second-order valence-corrected chi connectivity index (χ2v) is 10.4. The normalized spacial score (nSPS) is 13.2. The van der Waals surface area contributed by atoms with Crippen molar-refractivity contribution >= 4 is 0 Å². The molecule has 1 aromatic carbocycles. The predicted molar refractivity (Wildman–Crippen MR) is 157 cm³/mol. The van der Waals surface area contributed by atoms with Crippen LogP contribution in [-0.4, -0.2) is 51.3 Å². The van der Waals surface area contributed by atoms with Crippen LogP contribution in [0, 0.1) is 0 Å². The lowest BCUT2D eigenvalue weighted by molar-refractivity contribution is 0.305. The Morgan fingerprint density at radius 1 is 1.00 bits per heavy atom. The highest BCUT2D eigenvalue weighted by Crippen LogP contribution is 2.34. The quantitative estimate of drug-likeness (QED) is 0.223. The SMILES string of the molecule is CCCCc1nc(-c2ncc(OCC)cn2)n(C2CCC2)c(=O)c1Cc1cccc(-c2ccccc2-n2cnnn2)n1. The number of unbranched alkanes of at least 4 members (excludes halogenated alkanes) is 1. The van der Waals surface area contributed by atoms with E-state index >= 15 is 0 Å². The van der Waals surface area contributed by atoms with Crippen LogP contribution >= 0.6 is 0 Å². The van der Waals surface area contributed by atoms with Gasteiger partial charge in [0.05, 0.1) is 36.1 Å². The summed E-state index contributed by atoms with van der Waals surface area (Å²) in [5.41, 5.74) is 4.72. The maximum absolute atomic E-state index is 14.3. The molecule has 0 spiro atoms. The van der Waals surface area contributed by atoms with Gasteiger partial charge in [0.2, 0.25) is 0 Å². The number of pyridine rings is 1. The van der Waals surface area contributed by atoms with Gasteiger partial charge in [-0.15, -0.1) is 5.10 Å². The third-order valence-electron chi connectivity index (χ3n) is 7.58. The highest BCUT2D eigenvalue weighted by atomic mass is 16.5. The predicted octanol–water partition coefficient (Wildman–Crippen LogP) is 4.80. The first-order chi connectivity index (χ1) is 20.7. The average Bonchev–Trinajstić information content (AvgIpc) is 3.54. The summed E-state index contributed by atoms with van der Waals surface area (Å²) < 4.78 is 8.97. The van der Waals surface area contributed by atoms with Gasteiger partial charge in [0.25, 0.3) is 5.56 Å². The molecule has 0 atom stereocenters. The molecule has 1 saturated carbocycles. The number of tetrazole rings is 1. The summed E-state index contributed by atoms with van der Waals surface area (Å²) in [6, 6.07) is 13.8. The molecule has 0 unspecified atom stereocenters. The van der Waals surface area contributed by atoms with Crippen molar-refractivity contribution in [2.75, 3.05) is 6.61 Å². The second kappa shape index (κ2) is 12.4. The standard InChI is InChI=1S/C31H33N9O2/c1-3-5-14-27-25(17-21-10-8-15-26(35-21)24-13-6-7-16-28(24)39-20-34-37-38-39)31(41)40(22-11-9-12-22)30(36-27)29-32-18-23(19-33-29)42-4-2/h6-8,10,13,15-16,18-20,22H,3-5,9,11-12,14,17H2,1-2H3. The molecule has 1 aliphatic rings. The lowest BCUT2D eigenvalue weighted by Gasteiger charge is -2.30. The van der Waals surface area contributed by atoms with Crippen LogP contribution in [0.15, 0.2) is 66.0 Å². The van der Waals surface area contributed by atoms with E-state index in [-0.39, 0.29) is 11.6 Å². The van der Waals surface area contributed by atoms with Gasteiger partial charge in [-0.1, -0.05) is 37.6 Å². The minimum atomic E-state index is -0.0328. The zero-order valence-electron chi connectivity index (χ0n) is 23.8. The van der Waals surface area contributed by atoms with Gasteiger partial charge in [0.1, 0.15) is 6.33 Å². The Morgan fingerprint density at radius 3 is 2.55 bits per heavy atom. The van der Waals surface area contributed by atoms with Gasteiger partial charge >= 0.3 is 0 Å². The first-order valence-electron chi connectivity index (χ1n) is 14.5. The maximum atomic E-state index is 14.3. The molecular formula is C31H33N9O2. The molecule has 0 amide bonds. The molecule has 42 heavy (non-hydrogen) atoms. The van der Waals surface area contributed by atoms with Crippen molar-refractivity contribution in [3.8, 4) is 34.3 Å². The van der Waals surface area contributed by atoms with Crippen LogP contribution in [-0.2, 0) is 12.8 Å². The fourth-order valence-corrected chi connectivity index (χ4v) is 5.23. The molecule has 6 rings (SSSR count). The van der Waals surface area contributed by atoms with Gasteiger partial charge in [0.15, 0.2) is 17.4 Å². The van der Waals surface area contributed by atoms with Crippen LogP contribution in [0.2, 0.25) is 0 Å². The topological polar surface area (TPSA) is 126 Å². The van der Waals surface area contributed by atoms with Crippen molar-refractivity contribution < 1.29 is 4.74 Å². The van der Waals surface area contributed by atoms with Crippen molar-refractivity contribution in [1.29, 1.82) is 0 Å². The van der Waals surface area contributed by atoms with Gasteiger partial charge in [-0.25, -0.2) is 15.0 Å². The minimum Gasteiger partial charge on any atom is -0.491 e. The Hall–Kier alpha value is -4.80. The zero-order valence-corrected chi connectivity index (χ0v) is 23.8. The first-order valence-corrected chi connectivity index (χ1v) is 14.5. The third kappa shape index (κ3) is 5.54. The van der Waals surface area contributed by atoms with Gasteiger partial charge < -0.3 is 4.74 Å². The van der Waals surface area contributed by atoms with Crippen LogP contribution in [0.5, 0.6) is 5.75 Å². The third-order valence-corrected chi connectivity index (χ3v) is 7.58. The molecule has 0 saturated heterocycles. The Morgan fingerprint density at radius 2 is 1.83 bits per heavy atom. The lowest BCUT2D eigenvalue weighted by atomic mass is 9.92. The Balaban J connectivity index is 1.42. The number of hydrogen-bond donors (Lipinski definition) is 0. The van der Waals surface area contributed by atoms with Gasteiger partial charge in [-0.3, -0.25) is 14.3 Å². The van der Waals surface area contributed by atoms with Gasteiger partial charge in [-0.05, 0) is 67.7 Å². The van der Waals surface area contributed by atoms with Crippen LogP contribution in [0.3, 0.4) is 0 Å². The van der Waals surface area contributed by atoms with Crippen LogP contribution in [0.25, 0.3) is 28.6 Å². The van der Waals surface area contributed by atoms with Crippen molar-refractivity contribution in [1.82, 2.24) is 44.7 Å². The van der Waals surface area contributed by atoms with Crippen LogP contribution < -0.4 is 10.3 Å². The second-order valence-electron chi connectivity index (χ2n) is 10.4. The fourth-order valence-electron chi connectivity index (χ4n) is 5.23. The minimum absolute atomic E-state index is 0.0328. The highest BCUT2D eigenvalue weighted by molar-refractivity contribution is 5.69. The van der Waals surface area contributed by atoms with E-state index in [9.17, 15) is 4.79 Å². The number of nitrogens with zero attached hydrogens (tertiary/aromatic N) is 9. The number of hydrogen-bond acceptors (Lipinski definition) is 9. The molecular weight excluding hydrogens is 530 g/mol. The Bertz CT molecular complexity index is 1710. The summed E-state index contributed by atoms with van der Waals surface area (Å²) in [6.45, 7) is 4.58. The fraction of sp³-hybridized carbons (Fsp3) is 0.355. The van der Waals surface area contributed by atoms with E-state index in [1.165, 1.54) is 0 Å². The first kappa shape index (κ1) is 27.4. The molecule has 0 N–H and O–H groups in total. The molecule has 11 nitrogen and oxygen atoms in total. The zero-order chi connectivity index (χ0) is 28.9. The number of rotatable bonds is 11.